The molecule has 0 bridgehead atoms. The minimum absolute atomic E-state index is 0.309. The summed E-state index contributed by atoms with van der Waals surface area (Å²) >= 11 is 0. The lowest BCUT2D eigenvalue weighted by molar-refractivity contribution is 0.572. The summed E-state index contributed by atoms with van der Waals surface area (Å²) in [6, 6.07) is 18.0. The number of nitrogens with zero attached hydrogens (tertiary/aromatic N) is 3. The van der Waals surface area contributed by atoms with Crippen molar-refractivity contribution in [3.8, 4) is 5.69 Å². The average molecular weight is 361 g/mol. The Kier molecular flexibility index (Phi) is 5.54. The SMILES string of the molecule is C[C@@H](NCc1ccc(N2CCCCC2)cc1)c1ccc(-n2ccnc2)cc1. The average Bonchev–Trinajstić information content (AvgIpc) is 3.28. The first-order valence-corrected chi connectivity index (χ1v) is 9.95. The Hall–Kier alpha value is -2.59. The van der Waals surface area contributed by atoms with Gasteiger partial charge in [0.1, 0.15) is 0 Å². The summed E-state index contributed by atoms with van der Waals surface area (Å²) in [5, 5.41) is 3.64. The smallest absolute Gasteiger partial charge is 0.0991 e. The second-order valence-corrected chi connectivity index (χ2v) is 7.38. The monoisotopic (exact) mass is 360 g/mol. The molecule has 0 spiro atoms. The van der Waals surface area contributed by atoms with Gasteiger partial charge in [-0.05, 0) is 61.6 Å². The predicted octanol–water partition coefficient (Wildman–Crippen LogP) is 4.71. The molecule has 0 unspecified atom stereocenters. The number of aromatic nitrogens is 2. The third-order valence-electron chi connectivity index (χ3n) is 5.47. The van der Waals surface area contributed by atoms with Crippen molar-refractivity contribution in [2.24, 2.45) is 0 Å². The first-order chi connectivity index (χ1) is 13.3. The Morgan fingerprint density at radius 1 is 0.926 bits per heavy atom. The third kappa shape index (κ3) is 4.40. The summed E-state index contributed by atoms with van der Waals surface area (Å²) in [6.07, 6.45) is 9.60. The van der Waals surface area contributed by atoms with Crippen LogP contribution >= 0.6 is 0 Å². The second-order valence-electron chi connectivity index (χ2n) is 7.38. The van der Waals surface area contributed by atoms with Gasteiger partial charge < -0.3 is 14.8 Å². The first kappa shape index (κ1) is 17.8. The molecule has 0 aliphatic carbocycles. The van der Waals surface area contributed by atoms with Crippen molar-refractivity contribution in [3.63, 3.8) is 0 Å². The number of imidazole rings is 1. The highest BCUT2D eigenvalue weighted by molar-refractivity contribution is 5.48. The quantitative estimate of drug-likeness (QED) is 0.691. The Bertz CT molecular complexity index is 816. The van der Waals surface area contributed by atoms with Crippen LogP contribution < -0.4 is 10.2 Å². The molecule has 1 aliphatic heterocycles. The van der Waals surface area contributed by atoms with E-state index in [4.69, 9.17) is 0 Å². The topological polar surface area (TPSA) is 33.1 Å². The van der Waals surface area contributed by atoms with Crippen LogP contribution in [-0.4, -0.2) is 22.6 Å². The Morgan fingerprint density at radius 3 is 2.30 bits per heavy atom. The minimum atomic E-state index is 0.309. The fraction of sp³-hybridized carbons (Fsp3) is 0.348. The maximum absolute atomic E-state index is 4.10. The van der Waals surface area contributed by atoms with Gasteiger partial charge in [-0.3, -0.25) is 0 Å². The molecular formula is C23H28N4. The highest BCUT2D eigenvalue weighted by Crippen LogP contribution is 2.21. The van der Waals surface area contributed by atoms with Crippen molar-refractivity contribution in [1.29, 1.82) is 0 Å². The van der Waals surface area contributed by atoms with Crippen molar-refractivity contribution in [2.75, 3.05) is 18.0 Å². The van der Waals surface area contributed by atoms with Gasteiger partial charge in [-0.25, -0.2) is 4.98 Å². The van der Waals surface area contributed by atoms with Crippen LogP contribution in [0.25, 0.3) is 5.69 Å². The maximum Gasteiger partial charge on any atom is 0.0991 e. The maximum atomic E-state index is 4.10. The van der Waals surface area contributed by atoms with Crippen molar-refractivity contribution >= 4 is 5.69 Å². The van der Waals surface area contributed by atoms with Crippen LogP contribution in [0, 0.1) is 0 Å². The minimum Gasteiger partial charge on any atom is -0.372 e. The molecule has 1 N–H and O–H groups in total. The number of anilines is 1. The molecular weight excluding hydrogens is 332 g/mol. The van der Waals surface area contributed by atoms with E-state index in [1.54, 1.807) is 6.20 Å². The van der Waals surface area contributed by atoms with Crippen molar-refractivity contribution in [1.82, 2.24) is 14.9 Å². The molecule has 0 radical (unpaired) electrons. The van der Waals surface area contributed by atoms with E-state index in [-0.39, 0.29) is 0 Å². The van der Waals surface area contributed by atoms with Gasteiger partial charge in [0.2, 0.25) is 0 Å². The lowest BCUT2D eigenvalue weighted by Crippen LogP contribution is -2.29. The lowest BCUT2D eigenvalue weighted by atomic mass is 10.1. The summed E-state index contributed by atoms with van der Waals surface area (Å²) in [7, 11) is 0. The predicted molar refractivity (Wildman–Crippen MR) is 111 cm³/mol. The van der Waals surface area contributed by atoms with E-state index in [0.717, 1.165) is 12.2 Å². The van der Waals surface area contributed by atoms with Gasteiger partial charge in [0.15, 0.2) is 0 Å². The number of hydrogen-bond donors (Lipinski definition) is 1. The zero-order valence-corrected chi connectivity index (χ0v) is 16.0. The van der Waals surface area contributed by atoms with E-state index in [9.17, 15) is 0 Å². The molecule has 27 heavy (non-hydrogen) atoms. The van der Waals surface area contributed by atoms with E-state index in [1.807, 2.05) is 17.1 Å². The summed E-state index contributed by atoms with van der Waals surface area (Å²) in [6.45, 7) is 5.49. The molecule has 1 atom stereocenters. The molecule has 1 fully saturated rings. The van der Waals surface area contributed by atoms with Gasteiger partial charge in [0, 0.05) is 49.4 Å². The van der Waals surface area contributed by atoms with Gasteiger partial charge in [-0.2, -0.15) is 0 Å². The van der Waals surface area contributed by atoms with Crippen molar-refractivity contribution in [2.45, 2.75) is 38.8 Å². The van der Waals surface area contributed by atoms with Crippen LogP contribution in [0.1, 0.15) is 43.4 Å². The van der Waals surface area contributed by atoms with Crippen LogP contribution in [0.15, 0.2) is 67.3 Å². The first-order valence-electron chi connectivity index (χ1n) is 9.95. The molecule has 1 aliphatic rings. The van der Waals surface area contributed by atoms with E-state index >= 15 is 0 Å². The van der Waals surface area contributed by atoms with E-state index in [1.165, 1.54) is 49.2 Å². The van der Waals surface area contributed by atoms with Gasteiger partial charge in [-0.15, -0.1) is 0 Å². The zero-order chi connectivity index (χ0) is 18.5. The number of rotatable bonds is 6. The van der Waals surface area contributed by atoms with Gasteiger partial charge in [-0.1, -0.05) is 24.3 Å². The number of benzene rings is 2. The molecule has 2 aromatic carbocycles. The molecule has 4 heteroatoms. The standard InChI is InChI=1S/C23H28N4/c1-19(21-7-11-23(12-8-21)27-16-13-24-18-27)25-17-20-5-9-22(10-6-20)26-14-3-2-4-15-26/h5-13,16,18-19,25H,2-4,14-15,17H2,1H3/t19-/m1/s1. The van der Waals surface area contributed by atoms with Gasteiger partial charge in [0.25, 0.3) is 0 Å². The van der Waals surface area contributed by atoms with Crippen molar-refractivity contribution in [3.05, 3.63) is 78.4 Å². The normalized spacial score (nSPS) is 15.7. The van der Waals surface area contributed by atoms with Crippen LogP contribution in [0.3, 0.4) is 0 Å². The number of piperidine rings is 1. The van der Waals surface area contributed by atoms with Crippen LogP contribution in [0.5, 0.6) is 0 Å². The van der Waals surface area contributed by atoms with Crippen LogP contribution in [0.2, 0.25) is 0 Å². The van der Waals surface area contributed by atoms with E-state index in [0.29, 0.717) is 6.04 Å². The Labute approximate surface area is 161 Å². The Morgan fingerprint density at radius 2 is 1.63 bits per heavy atom. The van der Waals surface area contributed by atoms with Gasteiger partial charge >= 0.3 is 0 Å². The molecule has 0 saturated carbocycles. The molecule has 2 heterocycles. The zero-order valence-electron chi connectivity index (χ0n) is 16.0. The highest BCUT2D eigenvalue weighted by atomic mass is 15.1. The van der Waals surface area contributed by atoms with E-state index in [2.05, 4.69) is 70.7 Å². The second kappa shape index (κ2) is 8.40. The fourth-order valence-electron chi connectivity index (χ4n) is 3.71. The molecule has 1 saturated heterocycles. The lowest BCUT2D eigenvalue weighted by Gasteiger charge is -2.29. The van der Waals surface area contributed by atoms with Crippen LogP contribution in [-0.2, 0) is 6.54 Å². The van der Waals surface area contributed by atoms with E-state index < -0.39 is 0 Å². The molecule has 4 rings (SSSR count). The third-order valence-corrected chi connectivity index (χ3v) is 5.47. The summed E-state index contributed by atoms with van der Waals surface area (Å²) < 4.78 is 2.02. The highest BCUT2D eigenvalue weighted by Gasteiger charge is 2.11. The number of hydrogen-bond acceptors (Lipinski definition) is 3. The van der Waals surface area contributed by atoms with Crippen molar-refractivity contribution < 1.29 is 0 Å². The fourth-order valence-corrected chi connectivity index (χ4v) is 3.71. The summed E-state index contributed by atoms with van der Waals surface area (Å²) in [5.41, 5.74) is 5.12. The molecule has 3 aromatic rings. The number of nitrogens with one attached hydrogen (secondary N) is 1. The molecule has 140 valence electrons. The molecule has 1 aromatic heterocycles. The van der Waals surface area contributed by atoms with Crippen LogP contribution in [0.4, 0.5) is 5.69 Å². The molecule has 4 nitrogen and oxygen atoms in total. The largest absolute Gasteiger partial charge is 0.372 e. The summed E-state index contributed by atoms with van der Waals surface area (Å²) in [5.74, 6) is 0. The Balaban J connectivity index is 1.32. The summed E-state index contributed by atoms with van der Waals surface area (Å²) in [4.78, 5) is 6.61. The molecule has 0 amide bonds. The van der Waals surface area contributed by atoms with Gasteiger partial charge in [0.05, 0.1) is 6.33 Å².